The number of hydrogen-bond donors (Lipinski definition) is 0. The van der Waals surface area contributed by atoms with Gasteiger partial charge in [0.05, 0.1) is 5.56 Å². The van der Waals surface area contributed by atoms with Gasteiger partial charge in [-0.15, -0.1) is 0 Å². The summed E-state index contributed by atoms with van der Waals surface area (Å²) in [7, 11) is 0. The summed E-state index contributed by atoms with van der Waals surface area (Å²) in [6, 6.07) is 6.59. The monoisotopic (exact) mass is 204 g/mol. The van der Waals surface area contributed by atoms with Crippen molar-refractivity contribution in [3.63, 3.8) is 0 Å². The zero-order valence-electron chi connectivity index (χ0n) is 8.70. The molecule has 0 unspecified atom stereocenters. The highest BCUT2D eigenvalue weighted by Gasteiger charge is 2.25. The quantitative estimate of drug-likeness (QED) is 0.740. The second kappa shape index (κ2) is 3.90. The largest absolute Gasteiger partial charge is 0.371 e. The van der Waals surface area contributed by atoms with Gasteiger partial charge in [0.25, 0.3) is 0 Å². The summed E-state index contributed by atoms with van der Waals surface area (Å²) in [4.78, 5) is 2.18. The standard InChI is InChI=1S/C12H13FN2/c1-2-9-7-15(8-9)11-3-4-12(13)10(5-11)6-14/h3-5,9H,2,7-8H2,1H3. The highest BCUT2D eigenvalue weighted by Crippen LogP contribution is 2.27. The van der Waals surface area contributed by atoms with Crippen LogP contribution in [0, 0.1) is 23.1 Å². The number of nitriles is 1. The molecular formula is C12H13FN2. The molecule has 0 aliphatic carbocycles. The maximum absolute atomic E-state index is 13.1. The van der Waals surface area contributed by atoms with Crippen LogP contribution in [0.3, 0.4) is 0 Å². The van der Waals surface area contributed by atoms with Gasteiger partial charge in [-0.25, -0.2) is 4.39 Å². The Kier molecular flexibility index (Phi) is 2.59. The van der Waals surface area contributed by atoms with Gasteiger partial charge in [0.1, 0.15) is 11.9 Å². The number of anilines is 1. The molecule has 1 aromatic rings. The van der Waals surface area contributed by atoms with E-state index in [1.54, 1.807) is 12.1 Å². The lowest BCUT2D eigenvalue weighted by Crippen LogP contribution is -2.46. The van der Waals surface area contributed by atoms with Crippen molar-refractivity contribution in [1.82, 2.24) is 0 Å². The molecule has 1 saturated heterocycles. The molecule has 1 aromatic carbocycles. The van der Waals surface area contributed by atoms with E-state index < -0.39 is 5.82 Å². The van der Waals surface area contributed by atoms with E-state index in [1.165, 1.54) is 12.5 Å². The van der Waals surface area contributed by atoms with Gasteiger partial charge in [-0.2, -0.15) is 5.26 Å². The first-order valence-corrected chi connectivity index (χ1v) is 5.19. The molecule has 0 amide bonds. The average Bonchev–Trinajstić information content (AvgIpc) is 2.19. The number of hydrogen-bond acceptors (Lipinski definition) is 2. The molecule has 0 N–H and O–H groups in total. The van der Waals surface area contributed by atoms with Crippen LogP contribution in [0.5, 0.6) is 0 Å². The molecule has 2 nitrogen and oxygen atoms in total. The third-order valence-corrected chi connectivity index (χ3v) is 2.97. The topological polar surface area (TPSA) is 27.0 Å². The van der Waals surface area contributed by atoms with Crippen LogP contribution in [0.25, 0.3) is 0 Å². The van der Waals surface area contributed by atoms with E-state index in [1.807, 2.05) is 6.07 Å². The van der Waals surface area contributed by atoms with E-state index in [9.17, 15) is 4.39 Å². The number of halogens is 1. The summed E-state index contributed by atoms with van der Waals surface area (Å²) in [5.74, 6) is 0.314. The van der Waals surface area contributed by atoms with Crippen molar-refractivity contribution < 1.29 is 4.39 Å². The van der Waals surface area contributed by atoms with Crippen molar-refractivity contribution in [3.05, 3.63) is 29.6 Å². The first kappa shape index (κ1) is 9.97. The number of nitrogens with zero attached hydrogens (tertiary/aromatic N) is 2. The molecule has 0 spiro atoms. The van der Waals surface area contributed by atoms with Gasteiger partial charge in [0, 0.05) is 18.8 Å². The lowest BCUT2D eigenvalue weighted by atomic mass is 9.96. The van der Waals surface area contributed by atoms with Crippen molar-refractivity contribution in [1.29, 1.82) is 5.26 Å². The van der Waals surface area contributed by atoms with Gasteiger partial charge in [-0.3, -0.25) is 0 Å². The molecule has 2 rings (SSSR count). The number of rotatable bonds is 2. The van der Waals surface area contributed by atoms with Crippen molar-refractivity contribution >= 4 is 5.69 Å². The minimum Gasteiger partial charge on any atom is -0.371 e. The molecule has 15 heavy (non-hydrogen) atoms. The molecule has 78 valence electrons. The molecule has 1 fully saturated rings. The molecule has 0 radical (unpaired) electrons. The molecule has 1 aliphatic rings. The lowest BCUT2D eigenvalue weighted by molar-refractivity contribution is 0.398. The Morgan fingerprint density at radius 3 is 2.87 bits per heavy atom. The van der Waals surface area contributed by atoms with E-state index in [0.29, 0.717) is 0 Å². The maximum atomic E-state index is 13.1. The van der Waals surface area contributed by atoms with Gasteiger partial charge in [0.15, 0.2) is 0 Å². The van der Waals surface area contributed by atoms with E-state index in [-0.39, 0.29) is 5.56 Å². The van der Waals surface area contributed by atoms with Gasteiger partial charge in [-0.1, -0.05) is 6.92 Å². The Balaban J connectivity index is 2.14. The van der Waals surface area contributed by atoms with Gasteiger partial charge in [0.2, 0.25) is 0 Å². The Hall–Kier alpha value is -1.56. The summed E-state index contributed by atoms with van der Waals surface area (Å²) < 4.78 is 13.1. The summed E-state index contributed by atoms with van der Waals surface area (Å²) in [6.45, 7) is 4.22. The third-order valence-electron chi connectivity index (χ3n) is 2.97. The van der Waals surface area contributed by atoms with Crippen LogP contribution in [0.2, 0.25) is 0 Å². The summed E-state index contributed by atoms with van der Waals surface area (Å²) in [5, 5.41) is 8.71. The fraction of sp³-hybridized carbons (Fsp3) is 0.417. The second-order valence-corrected chi connectivity index (χ2v) is 3.96. The molecule has 1 aliphatic heterocycles. The molecule has 0 aromatic heterocycles. The molecular weight excluding hydrogens is 191 g/mol. The first-order valence-electron chi connectivity index (χ1n) is 5.19. The molecule has 0 atom stereocenters. The predicted octanol–water partition coefficient (Wildman–Crippen LogP) is 2.54. The summed E-state index contributed by atoms with van der Waals surface area (Å²) in [5.41, 5.74) is 1.09. The Morgan fingerprint density at radius 1 is 1.53 bits per heavy atom. The van der Waals surface area contributed by atoms with Crippen molar-refractivity contribution in [2.75, 3.05) is 18.0 Å². The third kappa shape index (κ3) is 1.80. The van der Waals surface area contributed by atoms with Crippen LogP contribution >= 0.6 is 0 Å². The summed E-state index contributed by atoms with van der Waals surface area (Å²) >= 11 is 0. The SMILES string of the molecule is CCC1CN(c2ccc(F)c(C#N)c2)C1. The molecule has 0 bridgehead atoms. The molecule has 0 saturated carbocycles. The normalized spacial score (nSPS) is 15.9. The Labute approximate surface area is 88.9 Å². The van der Waals surface area contributed by atoms with E-state index >= 15 is 0 Å². The summed E-state index contributed by atoms with van der Waals surface area (Å²) in [6.07, 6.45) is 1.18. The second-order valence-electron chi connectivity index (χ2n) is 3.96. The zero-order chi connectivity index (χ0) is 10.8. The van der Waals surface area contributed by atoms with Gasteiger partial charge < -0.3 is 4.90 Å². The molecule has 1 heterocycles. The van der Waals surface area contributed by atoms with E-state index in [2.05, 4.69) is 11.8 Å². The van der Waals surface area contributed by atoms with Crippen molar-refractivity contribution in [3.8, 4) is 6.07 Å². The zero-order valence-corrected chi connectivity index (χ0v) is 8.70. The highest BCUT2D eigenvalue weighted by molar-refractivity contribution is 5.53. The fourth-order valence-electron chi connectivity index (χ4n) is 1.83. The minimum atomic E-state index is -0.436. The van der Waals surface area contributed by atoms with Crippen molar-refractivity contribution in [2.45, 2.75) is 13.3 Å². The van der Waals surface area contributed by atoms with Crippen LogP contribution in [-0.4, -0.2) is 13.1 Å². The average molecular weight is 204 g/mol. The predicted molar refractivity (Wildman–Crippen MR) is 57.1 cm³/mol. The fourth-order valence-corrected chi connectivity index (χ4v) is 1.83. The van der Waals surface area contributed by atoms with Gasteiger partial charge in [-0.05, 0) is 30.5 Å². The van der Waals surface area contributed by atoms with Gasteiger partial charge >= 0.3 is 0 Å². The maximum Gasteiger partial charge on any atom is 0.141 e. The smallest absolute Gasteiger partial charge is 0.141 e. The highest BCUT2D eigenvalue weighted by atomic mass is 19.1. The van der Waals surface area contributed by atoms with Crippen molar-refractivity contribution in [2.24, 2.45) is 5.92 Å². The van der Waals surface area contributed by atoms with Crippen LogP contribution in [0.15, 0.2) is 18.2 Å². The van der Waals surface area contributed by atoms with Crippen LogP contribution in [0.4, 0.5) is 10.1 Å². The van der Waals surface area contributed by atoms with Crippen LogP contribution < -0.4 is 4.90 Å². The number of benzene rings is 1. The van der Waals surface area contributed by atoms with E-state index in [4.69, 9.17) is 5.26 Å². The lowest BCUT2D eigenvalue weighted by Gasteiger charge is -2.40. The molecule has 3 heteroatoms. The minimum absolute atomic E-state index is 0.132. The Bertz CT molecular complexity index is 403. The van der Waals surface area contributed by atoms with Crippen LogP contribution in [0.1, 0.15) is 18.9 Å². The van der Waals surface area contributed by atoms with Crippen LogP contribution in [-0.2, 0) is 0 Å². The Morgan fingerprint density at radius 2 is 2.27 bits per heavy atom. The first-order chi connectivity index (χ1) is 7.24. The van der Waals surface area contributed by atoms with E-state index in [0.717, 1.165) is 24.7 Å².